The quantitative estimate of drug-likeness (QED) is 0.628. The van der Waals surface area contributed by atoms with Crippen molar-refractivity contribution in [3.63, 3.8) is 0 Å². The van der Waals surface area contributed by atoms with Crippen molar-refractivity contribution in [1.82, 2.24) is 4.90 Å². The molecule has 1 heterocycles. The van der Waals surface area contributed by atoms with Crippen molar-refractivity contribution < 1.29 is 9.72 Å². The molecule has 2 rings (SSSR count). The van der Waals surface area contributed by atoms with Crippen LogP contribution in [-0.4, -0.2) is 32.7 Å². The third kappa shape index (κ3) is 3.47. The Labute approximate surface area is 133 Å². The van der Waals surface area contributed by atoms with E-state index in [4.69, 9.17) is 0 Å². The molecule has 0 spiro atoms. The van der Waals surface area contributed by atoms with Crippen LogP contribution in [0.25, 0.3) is 0 Å². The monoisotopic (exact) mass is 321 g/mol. The van der Waals surface area contributed by atoms with Gasteiger partial charge in [0.1, 0.15) is 0 Å². The van der Waals surface area contributed by atoms with E-state index in [0.29, 0.717) is 23.3 Å². The summed E-state index contributed by atoms with van der Waals surface area (Å²) in [6.45, 7) is 8.38. The Hall–Kier alpha value is -1.89. The van der Waals surface area contributed by atoms with Gasteiger partial charge in [-0.2, -0.15) is 0 Å². The average molecular weight is 321 g/mol. The van der Waals surface area contributed by atoms with Crippen molar-refractivity contribution in [2.75, 3.05) is 6.54 Å². The first-order chi connectivity index (χ1) is 10.3. The number of rotatable bonds is 4. The van der Waals surface area contributed by atoms with Crippen molar-refractivity contribution >= 4 is 34.2 Å². The van der Waals surface area contributed by atoms with Crippen molar-refractivity contribution in [2.24, 2.45) is 10.9 Å². The van der Waals surface area contributed by atoms with Crippen molar-refractivity contribution in [3.05, 3.63) is 33.9 Å². The van der Waals surface area contributed by atoms with Gasteiger partial charge in [0.2, 0.25) is 5.91 Å². The number of carbonyl (C=O) groups is 1. The van der Waals surface area contributed by atoms with Gasteiger partial charge < -0.3 is 0 Å². The normalized spacial score (nSPS) is 20.2. The number of aliphatic imine (C=N–C) groups is 1. The molecule has 0 aromatic heterocycles. The minimum Gasteiger partial charge on any atom is -0.290 e. The Morgan fingerprint density at radius 3 is 2.68 bits per heavy atom. The molecule has 0 radical (unpaired) electrons. The van der Waals surface area contributed by atoms with Gasteiger partial charge in [-0.05, 0) is 31.4 Å². The highest BCUT2D eigenvalue weighted by molar-refractivity contribution is 8.15. The second kappa shape index (κ2) is 6.48. The average Bonchev–Trinajstić information content (AvgIpc) is 2.68. The summed E-state index contributed by atoms with van der Waals surface area (Å²) in [5.41, 5.74) is 1.42. The van der Waals surface area contributed by atoms with E-state index in [1.165, 1.54) is 23.9 Å². The number of benzene rings is 1. The van der Waals surface area contributed by atoms with Crippen LogP contribution in [0.4, 0.5) is 11.4 Å². The SMILES string of the molecule is Cc1cc([N+](=O)[O-])ccc1/N=C1\SC(C)C(=O)N1CC(C)C. The van der Waals surface area contributed by atoms with Gasteiger partial charge in [0.15, 0.2) is 5.17 Å². The minimum absolute atomic E-state index is 0.0454. The molecule has 1 aromatic carbocycles. The molecule has 6 nitrogen and oxygen atoms in total. The van der Waals surface area contributed by atoms with Gasteiger partial charge in [0, 0.05) is 18.7 Å². The number of hydrogen-bond acceptors (Lipinski definition) is 5. The molecule has 0 N–H and O–H groups in total. The Bertz CT molecular complexity index is 643. The fourth-order valence-corrected chi connectivity index (χ4v) is 3.17. The van der Waals surface area contributed by atoms with E-state index in [9.17, 15) is 14.9 Å². The first-order valence-corrected chi connectivity index (χ1v) is 7.99. The van der Waals surface area contributed by atoms with Crippen LogP contribution < -0.4 is 0 Å². The Morgan fingerprint density at radius 2 is 2.14 bits per heavy atom. The highest BCUT2D eigenvalue weighted by Gasteiger charge is 2.35. The number of nitrogens with zero attached hydrogens (tertiary/aromatic N) is 3. The zero-order chi connectivity index (χ0) is 16.4. The van der Waals surface area contributed by atoms with Crippen LogP contribution >= 0.6 is 11.8 Å². The van der Waals surface area contributed by atoms with E-state index in [-0.39, 0.29) is 16.8 Å². The number of thioether (sulfide) groups is 1. The summed E-state index contributed by atoms with van der Waals surface area (Å²) >= 11 is 1.43. The van der Waals surface area contributed by atoms with E-state index in [2.05, 4.69) is 18.8 Å². The first kappa shape index (κ1) is 16.5. The predicted octanol–water partition coefficient (Wildman–Crippen LogP) is 3.51. The van der Waals surface area contributed by atoms with E-state index in [0.717, 1.165) is 5.56 Å². The number of non-ortho nitro benzene ring substituents is 1. The number of nitro benzene ring substituents is 1. The predicted molar refractivity (Wildman–Crippen MR) is 88.5 cm³/mol. The van der Waals surface area contributed by atoms with Crippen molar-refractivity contribution in [3.8, 4) is 0 Å². The third-order valence-electron chi connectivity index (χ3n) is 3.28. The summed E-state index contributed by atoms with van der Waals surface area (Å²) < 4.78 is 0. The minimum atomic E-state index is -0.426. The molecule has 7 heteroatoms. The summed E-state index contributed by atoms with van der Waals surface area (Å²) in [6, 6.07) is 4.56. The number of hydrogen-bond donors (Lipinski definition) is 0. The molecular formula is C15H19N3O3S. The smallest absolute Gasteiger partial charge is 0.269 e. The number of amidine groups is 1. The summed E-state index contributed by atoms with van der Waals surface area (Å²) in [4.78, 5) is 28.8. The molecule has 1 unspecified atom stereocenters. The molecule has 1 fully saturated rings. The highest BCUT2D eigenvalue weighted by Crippen LogP contribution is 2.31. The Morgan fingerprint density at radius 1 is 1.45 bits per heavy atom. The summed E-state index contributed by atoms with van der Waals surface area (Å²) in [5.74, 6) is 0.412. The van der Waals surface area contributed by atoms with Gasteiger partial charge in [-0.3, -0.25) is 19.8 Å². The maximum Gasteiger partial charge on any atom is 0.269 e. The lowest BCUT2D eigenvalue weighted by Crippen LogP contribution is -2.34. The molecule has 0 aliphatic carbocycles. The zero-order valence-corrected chi connectivity index (χ0v) is 13.9. The van der Waals surface area contributed by atoms with E-state index < -0.39 is 4.92 Å². The van der Waals surface area contributed by atoms with Crippen molar-refractivity contribution in [1.29, 1.82) is 0 Å². The van der Waals surface area contributed by atoms with Crippen LogP contribution in [0.2, 0.25) is 0 Å². The molecule has 1 aliphatic rings. The van der Waals surface area contributed by atoms with Crippen LogP contribution in [0.5, 0.6) is 0 Å². The Kier molecular flexibility index (Phi) is 4.85. The molecule has 1 atom stereocenters. The Balaban J connectivity index is 2.34. The maximum atomic E-state index is 12.2. The van der Waals surface area contributed by atoms with Gasteiger partial charge >= 0.3 is 0 Å². The largest absolute Gasteiger partial charge is 0.290 e. The molecule has 1 amide bonds. The van der Waals surface area contributed by atoms with Crippen LogP contribution in [0.15, 0.2) is 23.2 Å². The number of amides is 1. The zero-order valence-electron chi connectivity index (χ0n) is 13.1. The van der Waals surface area contributed by atoms with E-state index >= 15 is 0 Å². The standard InChI is InChI=1S/C15H19N3O3S/c1-9(2)8-17-14(19)11(4)22-15(17)16-13-6-5-12(18(20)21)7-10(13)3/h5-7,9,11H,8H2,1-4H3/b16-15-. The molecule has 22 heavy (non-hydrogen) atoms. The summed E-state index contributed by atoms with van der Waals surface area (Å²) in [7, 11) is 0. The van der Waals surface area contributed by atoms with Gasteiger partial charge in [0.05, 0.1) is 15.9 Å². The summed E-state index contributed by atoms with van der Waals surface area (Å²) in [6.07, 6.45) is 0. The molecule has 0 saturated carbocycles. The molecule has 1 saturated heterocycles. The van der Waals surface area contributed by atoms with Crippen LogP contribution in [0, 0.1) is 23.0 Å². The van der Waals surface area contributed by atoms with Gasteiger partial charge in [-0.25, -0.2) is 4.99 Å². The van der Waals surface area contributed by atoms with Crippen LogP contribution in [0.3, 0.4) is 0 Å². The molecule has 0 bridgehead atoms. The maximum absolute atomic E-state index is 12.2. The lowest BCUT2D eigenvalue weighted by molar-refractivity contribution is -0.384. The molecular weight excluding hydrogens is 302 g/mol. The first-order valence-electron chi connectivity index (χ1n) is 7.11. The van der Waals surface area contributed by atoms with Crippen molar-refractivity contribution in [2.45, 2.75) is 32.9 Å². The number of nitro groups is 1. The van der Waals surface area contributed by atoms with Gasteiger partial charge in [-0.15, -0.1) is 0 Å². The second-order valence-electron chi connectivity index (χ2n) is 5.73. The second-order valence-corrected chi connectivity index (χ2v) is 7.03. The lowest BCUT2D eigenvalue weighted by atomic mass is 10.2. The number of aryl methyl sites for hydroxylation is 1. The molecule has 1 aliphatic heterocycles. The molecule has 1 aromatic rings. The topological polar surface area (TPSA) is 75.8 Å². The van der Waals surface area contributed by atoms with Crippen LogP contribution in [0.1, 0.15) is 26.3 Å². The van der Waals surface area contributed by atoms with Gasteiger partial charge in [0.25, 0.3) is 5.69 Å². The molecule has 118 valence electrons. The van der Waals surface area contributed by atoms with E-state index in [1.807, 2.05) is 6.92 Å². The lowest BCUT2D eigenvalue weighted by Gasteiger charge is -2.18. The summed E-state index contributed by atoms with van der Waals surface area (Å²) in [5, 5.41) is 11.3. The van der Waals surface area contributed by atoms with Crippen LogP contribution in [-0.2, 0) is 4.79 Å². The van der Waals surface area contributed by atoms with E-state index in [1.54, 1.807) is 17.9 Å². The fourth-order valence-electron chi connectivity index (χ4n) is 2.19. The highest BCUT2D eigenvalue weighted by atomic mass is 32.2. The van der Waals surface area contributed by atoms with Gasteiger partial charge in [-0.1, -0.05) is 25.6 Å². The third-order valence-corrected chi connectivity index (χ3v) is 4.36. The fraction of sp³-hybridized carbons (Fsp3) is 0.467. The number of carbonyl (C=O) groups excluding carboxylic acids is 1.